The van der Waals surface area contributed by atoms with Gasteiger partial charge in [0, 0.05) is 22.6 Å². The zero-order chi connectivity index (χ0) is 29.6. The van der Waals surface area contributed by atoms with Crippen LogP contribution in [0.15, 0.2) is 77.7 Å². The van der Waals surface area contributed by atoms with Gasteiger partial charge in [-0.25, -0.2) is 8.42 Å². The van der Waals surface area contributed by atoms with E-state index in [2.05, 4.69) is 5.32 Å². The number of nitrogens with one attached hydrogen (secondary N) is 1. The van der Waals surface area contributed by atoms with Crippen molar-refractivity contribution in [1.29, 1.82) is 0 Å². The third-order valence-electron chi connectivity index (χ3n) is 7.34. The van der Waals surface area contributed by atoms with Gasteiger partial charge in [-0.15, -0.1) is 0 Å². The number of sulfonamides is 1. The van der Waals surface area contributed by atoms with Crippen LogP contribution in [0.25, 0.3) is 0 Å². The minimum atomic E-state index is -4.16. The highest BCUT2D eigenvalue weighted by molar-refractivity contribution is 7.92. The molecule has 218 valence electrons. The van der Waals surface area contributed by atoms with Gasteiger partial charge in [-0.1, -0.05) is 78.4 Å². The summed E-state index contributed by atoms with van der Waals surface area (Å²) in [6.45, 7) is 3.08. The highest BCUT2D eigenvalue weighted by Gasteiger charge is 2.33. The number of carbonyl (C=O) groups excluding carboxylic acids is 2. The van der Waals surface area contributed by atoms with Gasteiger partial charge >= 0.3 is 0 Å². The van der Waals surface area contributed by atoms with Gasteiger partial charge in [0.25, 0.3) is 10.0 Å². The summed E-state index contributed by atoms with van der Waals surface area (Å²) in [4.78, 5) is 28.9. The first-order valence-electron chi connectivity index (χ1n) is 13.7. The molecule has 10 heteroatoms. The lowest BCUT2D eigenvalue weighted by Gasteiger charge is -2.33. The second-order valence-electron chi connectivity index (χ2n) is 10.5. The first-order valence-corrected chi connectivity index (χ1v) is 15.9. The highest BCUT2D eigenvalue weighted by Crippen LogP contribution is 2.27. The first-order chi connectivity index (χ1) is 19.5. The Balaban J connectivity index is 1.68. The van der Waals surface area contributed by atoms with Crippen LogP contribution in [-0.2, 0) is 26.2 Å². The zero-order valence-corrected chi connectivity index (χ0v) is 25.6. The second kappa shape index (κ2) is 13.7. The summed E-state index contributed by atoms with van der Waals surface area (Å²) in [6.07, 6.45) is 5.05. The van der Waals surface area contributed by atoms with Crippen LogP contribution >= 0.6 is 23.2 Å². The molecule has 3 aromatic rings. The van der Waals surface area contributed by atoms with Gasteiger partial charge in [0.15, 0.2) is 0 Å². The maximum atomic E-state index is 14.0. The van der Waals surface area contributed by atoms with Crippen molar-refractivity contribution in [2.75, 3.05) is 10.8 Å². The molecular weight excluding hydrogens is 581 g/mol. The molecular formula is C31H35Cl2N3O4S. The molecule has 0 saturated heterocycles. The Labute approximate surface area is 252 Å². The maximum Gasteiger partial charge on any atom is 0.264 e. The molecule has 1 aliphatic carbocycles. The average Bonchev–Trinajstić information content (AvgIpc) is 2.95. The lowest BCUT2D eigenvalue weighted by molar-refractivity contribution is -0.139. The fourth-order valence-electron chi connectivity index (χ4n) is 4.98. The number of benzene rings is 3. The van der Waals surface area contributed by atoms with Gasteiger partial charge in [0.2, 0.25) is 11.8 Å². The molecule has 0 aromatic heterocycles. The number of halogens is 2. The Morgan fingerprint density at radius 1 is 0.927 bits per heavy atom. The summed E-state index contributed by atoms with van der Waals surface area (Å²) >= 11 is 12.4. The van der Waals surface area contributed by atoms with E-state index in [-0.39, 0.29) is 29.1 Å². The molecule has 0 heterocycles. The number of hydrogen-bond donors (Lipinski definition) is 1. The Morgan fingerprint density at radius 2 is 1.56 bits per heavy atom. The van der Waals surface area contributed by atoms with E-state index < -0.39 is 28.5 Å². The minimum absolute atomic E-state index is 0.0420. The lowest BCUT2D eigenvalue weighted by atomic mass is 9.95. The SMILES string of the molecule is Cc1ccc(S(=O)(=O)N(CC(=O)N(Cc2cccc(Cl)c2)C(C)C(=O)NC2CCCCC2)c2cccc(Cl)c2)cc1. The molecule has 0 bridgehead atoms. The van der Waals surface area contributed by atoms with E-state index in [9.17, 15) is 18.0 Å². The molecule has 0 radical (unpaired) electrons. The summed E-state index contributed by atoms with van der Waals surface area (Å²) < 4.78 is 28.8. The van der Waals surface area contributed by atoms with Crippen LogP contribution in [-0.4, -0.2) is 43.8 Å². The van der Waals surface area contributed by atoms with Gasteiger partial charge < -0.3 is 10.2 Å². The van der Waals surface area contributed by atoms with Crippen molar-refractivity contribution >= 4 is 50.7 Å². The van der Waals surface area contributed by atoms with E-state index >= 15 is 0 Å². The van der Waals surface area contributed by atoms with Crippen molar-refractivity contribution in [2.24, 2.45) is 0 Å². The summed E-state index contributed by atoms with van der Waals surface area (Å²) in [5.74, 6) is -0.810. The number of amides is 2. The molecule has 1 aliphatic rings. The minimum Gasteiger partial charge on any atom is -0.352 e. The van der Waals surface area contributed by atoms with E-state index in [1.54, 1.807) is 55.5 Å². The van der Waals surface area contributed by atoms with Crippen molar-refractivity contribution in [3.05, 3.63) is 94.0 Å². The number of nitrogens with zero attached hydrogens (tertiary/aromatic N) is 2. The van der Waals surface area contributed by atoms with Crippen LogP contribution in [0, 0.1) is 6.92 Å². The van der Waals surface area contributed by atoms with Crippen molar-refractivity contribution in [3.8, 4) is 0 Å². The third kappa shape index (κ3) is 8.03. The van der Waals surface area contributed by atoms with Gasteiger partial charge in [0.05, 0.1) is 10.6 Å². The van der Waals surface area contributed by atoms with Crippen molar-refractivity contribution < 1.29 is 18.0 Å². The van der Waals surface area contributed by atoms with Crippen LogP contribution in [0.5, 0.6) is 0 Å². The molecule has 1 saturated carbocycles. The maximum absolute atomic E-state index is 14.0. The fourth-order valence-corrected chi connectivity index (χ4v) is 6.78. The Kier molecular flexibility index (Phi) is 10.3. The van der Waals surface area contributed by atoms with E-state index in [0.717, 1.165) is 47.5 Å². The highest BCUT2D eigenvalue weighted by atomic mass is 35.5. The van der Waals surface area contributed by atoms with E-state index in [0.29, 0.717) is 10.0 Å². The largest absolute Gasteiger partial charge is 0.352 e. The monoisotopic (exact) mass is 615 g/mol. The summed E-state index contributed by atoms with van der Waals surface area (Å²) in [5, 5.41) is 3.92. The standard InChI is InChI=1S/C31H35Cl2N3O4S/c1-22-14-16-29(17-15-22)41(39,40)36(28-13-7-10-26(33)19-28)21-30(37)35(20-24-8-6-9-25(32)18-24)23(2)31(38)34-27-11-4-3-5-12-27/h6-10,13-19,23,27H,3-5,11-12,20-21H2,1-2H3,(H,34,38). The number of anilines is 1. The first kappa shape index (κ1) is 30.9. The average molecular weight is 617 g/mol. The van der Waals surface area contributed by atoms with Gasteiger partial charge in [-0.2, -0.15) is 0 Å². The molecule has 1 N–H and O–H groups in total. The number of carbonyl (C=O) groups is 2. The molecule has 41 heavy (non-hydrogen) atoms. The van der Waals surface area contributed by atoms with Crippen molar-refractivity contribution in [3.63, 3.8) is 0 Å². The predicted molar refractivity (Wildman–Crippen MR) is 164 cm³/mol. The fraction of sp³-hybridized carbons (Fsp3) is 0.355. The molecule has 1 atom stereocenters. The molecule has 4 rings (SSSR count). The van der Waals surface area contributed by atoms with E-state index in [1.165, 1.54) is 23.1 Å². The number of aryl methyl sites for hydroxylation is 1. The molecule has 2 amide bonds. The van der Waals surface area contributed by atoms with E-state index in [4.69, 9.17) is 23.2 Å². The third-order valence-corrected chi connectivity index (χ3v) is 9.60. The molecule has 7 nitrogen and oxygen atoms in total. The van der Waals surface area contributed by atoms with Crippen LogP contribution in [0.1, 0.15) is 50.2 Å². The van der Waals surface area contributed by atoms with Crippen LogP contribution < -0.4 is 9.62 Å². The Hall–Kier alpha value is -3.07. The molecule has 0 spiro atoms. The zero-order valence-electron chi connectivity index (χ0n) is 23.2. The normalized spacial score (nSPS) is 14.7. The van der Waals surface area contributed by atoms with Crippen LogP contribution in [0.3, 0.4) is 0 Å². The number of hydrogen-bond acceptors (Lipinski definition) is 4. The quantitative estimate of drug-likeness (QED) is 0.287. The van der Waals surface area contributed by atoms with Gasteiger partial charge in [0.1, 0.15) is 12.6 Å². The van der Waals surface area contributed by atoms with Crippen molar-refractivity contribution in [1.82, 2.24) is 10.2 Å². The molecule has 3 aromatic carbocycles. The van der Waals surface area contributed by atoms with E-state index in [1.807, 2.05) is 13.0 Å². The molecule has 1 unspecified atom stereocenters. The van der Waals surface area contributed by atoms with Gasteiger partial charge in [-0.05, 0) is 74.7 Å². The number of rotatable bonds is 10. The lowest BCUT2D eigenvalue weighted by Crippen LogP contribution is -2.53. The Bertz CT molecular complexity index is 1470. The topological polar surface area (TPSA) is 86.8 Å². The smallest absolute Gasteiger partial charge is 0.264 e. The summed E-state index contributed by atoms with van der Waals surface area (Å²) in [7, 11) is -4.16. The van der Waals surface area contributed by atoms with Gasteiger partial charge in [-0.3, -0.25) is 13.9 Å². The molecule has 0 aliphatic heterocycles. The van der Waals surface area contributed by atoms with Crippen LogP contribution in [0.4, 0.5) is 5.69 Å². The summed E-state index contributed by atoms with van der Waals surface area (Å²) in [6, 6.07) is 19.0. The van der Waals surface area contributed by atoms with Crippen LogP contribution in [0.2, 0.25) is 10.0 Å². The van der Waals surface area contributed by atoms with Crippen molar-refractivity contribution in [2.45, 2.75) is 69.5 Å². The Morgan fingerprint density at radius 3 is 2.20 bits per heavy atom. The predicted octanol–water partition coefficient (Wildman–Crippen LogP) is 6.36. The summed E-state index contributed by atoms with van der Waals surface area (Å²) in [5.41, 5.74) is 1.87. The molecule has 1 fully saturated rings. The second-order valence-corrected chi connectivity index (χ2v) is 13.2.